The summed E-state index contributed by atoms with van der Waals surface area (Å²) in [5, 5.41) is 0. The molecule has 0 aliphatic heterocycles. The summed E-state index contributed by atoms with van der Waals surface area (Å²) in [4.78, 5) is 20.2. The zero-order chi connectivity index (χ0) is 8.69. The van der Waals surface area contributed by atoms with E-state index in [0.717, 1.165) is 12.9 Å². The van der Waals surface area contributed by atoms with Crippen LogP contribution in [0, 0.1) is 0 Å². The molecule has 0 aromatic heterocycles. The Bertz CT molecular complexity index is 132. The van der Waals surface area contributed by atoms with E-state index in [1.807, 2.05) is 6.92 Å². The fourth-order valence-corrected chi connectivity index (χ4v) is 0.430. The van der Waals surface area contributed by atoms with Crippen molar-refractivity contribution in [3.63, 3.8) is 0 Å². The first-order chi connectivity index (χ1) is 5.20. The van der Waals surface area contributed by atoms with Crippen LogP contribution >= 0.6 is 0 Å². The molecule has 0 saturated carbocycles. The van der Waals surface area contributed by atoms with Crippen molar-refractivity contribution in [3.05, 3.63) is 0 Å². The quantitative estimate of drug-likeness (QED) is 0.545. The van der Waals surface area contributed by atoms with Gasteiger partial charge in [-0.2, -0.15) is 0 Å². The lowest BCUT2D eigenvalue weighted by Crippen LogP contribution is -2.18. The number of hydrogen-bond donors (Lipinski definition) is 0. The predicted molar refractivity (Wildman–Crippen MR) is 37.5 cm³/mol. The van der Waals surface area contributed by atoms with Gasteiger partial charge in [-0.05, 0) is 13.3 Å². The molecule has 0 heterocycles. The average Bonchev–Trinajstić information content (AvgIpc) is 2.00. The fourth-order valence-electron chi connectivity index (χ4n) is 0.430. The highest BCUT2D eigenvalue weighted by Gasteiger charge is 2.06. The van der Waals surface area contributed by atoms with E-state index in [0.29, 0.717) is 0 Å². The normalized spacial score (nSPS) is 11.8. The van der Waals surface area contributed by atoms with Crippen LogP contribution < -0.4 is 0 Å². The van der Waals surface area contributed by atoms with Crippen LogP contribution in [-0.4, -0.2) is 25.2 Å². The summed E-state index contributed by atoms with van der Waals surface area (Å²) < 4.78 is 8.82. The van der Waals surface area contributed by atoms with Crippen LogP contribution in [0.1, 0.15) is 20.3 Å². The Morgan fingerprint density at radius 1 is 1.64 bits per heavy atom. The molecule has 0 spiro atoms. The van der Waals surface area contributed by atoms with Crippen molar-refractivity contribution >= 4 is 12.4 Å². The maximum absolute atomic E-state index is 10.6. The van der Waals surface area contributed by atoms with Gasteiger partial charge in [0.25, 0.3) is 0 Å². The van der Waals surface area contributed by atoms with Crippen LogP contribution in [0.25, 0.3) is 0 Å². The lowest BCUT2D eigenvalue weighted by atomic mass is 10.3. The third kappa shape index (κ3) is 5.39. The van der Waals surface area contributed by atoms with Crippen molar-refractivity contribution in [2.75, 3.05) is 6.61 Å². The van der Waals surface area contributed by atoms with Crippen LogP contribution in [-0.2, 0) is 19.1 Å². The van der Waals surface area contributed by atoms with Gasteiger partial charge >= 0.3 is 12.4 Å². The SMILES string of the molecule is CCC(C)OC(=O)CO[C]=O. The van der Waals surface area contributed by atoms with Crippen molar-refractivity contribution in [2.24, 2.45) is 0 Å². The van der Waals surface area contributed by atoms with Crippen LogP contribution in [0.2, 0.25) is 0 Å². The van der Waals surface area contributed by atoms with E-state index in [4.69, 9.17) is 4.74 Å². The summed E-state index contributed by atoms with van der Waals surface area (Å²) in [6.07, 6.45) is 0.619. The highest BCUT2D eigenvalue weighted by molar-refractivity contribution is 5.72. The number of hydrogen-bond acceptors (Lipinski definition) is 4. The summed E-state index contributed by atoms with van der Waals surface area (Å²) in [6.45, 7) is 4.45. The second kappa shape index (κ2) is 5.70. The smallest absolute Gasteiger partial charge is 0.418 e. The van der Waals surface area contributed by atoms with Crippen molar-refractivity contribution in [3.8, 4) is 0 Å². The lowest BCUT2D eigenvalue weighted by molar-refractivity contribution is -0.151. The molecule has 1 radical (unpaired) electrons. The zero-order valence-electron chi connectivity index (χ0n) is 6.62. The molecule has 0 aliphatic carbocycles. The van der Waals surface area contributed by atoms with E-state index in [1.165, 1.54) is 0 Å². The van der Waals surface area contributed by atoms with Gasteiger partial charge in [-0.15, -0.1) is 0 Å². The minimum atomic E-state index is -0.539. The molecule has 0 aliphatic rings. The third-order valence-corrected chi connectivity index (χ3v) is 1.16. The maximum atomic E-state index is 10.6. The standard InChI is InChI=1S/C7H11O4/c1-3-6(2)11-7(9)4-10-5-8/h6H,3-4H2,1-2H3. The van der Waals surface area contributed by atoms with Crippen LogP contribution in [0.4, 0.5) is 0 Å². The summed E-state index contributed by atoms with van der Waals surface area (Å²) in [5.41, 5.74) is 0. The van der Waals surface area contributed by atoms with Gasteiger partial charge in [0, 0.05) is 0 Å². The number of carbonyl (C=O) groups excluding carboxylic acids is 2. The molecule has 1 unspecified atom stereocenters. The van der Waals surface area contributed by atoms with Gasteiger partial charge in [0.2, 0.25) is 0 Å². The number of rotatable bonds is 5. The molecular formula is C7H11O4. The van der Waals surface area contributed by atoms with E-state index in [-0.39, 0.29) is 12.7 Å². The van der Waals surface area contributed by atoms with E-state index in [9.17, 15) is 9.59 Å². The van der Waals surface area contributed by atoms with Gasteiger partial charge in [0.1, 0.15) is 0 Å². The van der Waals surface area contributed by atoms with Crippen LogP contribution in [0.15, 0.2) is 0 Å². The second-order valence-electron chi connectivity index (χ2n) is 2.08. The van der Waals surface area contributed by atoms with Gasteiger partial charge < -0.3 is 9.47 Å². The minimum Gasteiger partial charge on any atom is -0.460 e. The van der Waals surface area contributed by atoms with Gasteiger partial charge in [0.05, 0.1) is 6.10 Å². The van der Waals surface area contributed by atoms with Crippen molar-refractivity contribution in [1.29, 1.82) is 0 Å². The zero-order valence-corrected chi connectivity index (χ0v) is 6.62. The first-order valence-corrected chi connectivity index (χ1v) is 3.39. The Labute approximate surface area is 65.5 Å². The number of esters is 1. The molecule has 0 fully saturated rings. The van der Waals surface area contributed by atoms with Crippen LogP contribution in [0.5, 0.6) is 0 Å². The molecule has 0 N–H and O–H groups in total. The average molecular weight is 159 g/mol. The molecule has 11 heavy (non-hydrogen) atoms. The summed E-state index contributed by atoms with van der Waals surface area (Å²) in [6, 6.07) is 0. The minimum absolute atomic E-state index is 0.127. The van der Waals surface area contributed by atoms with E-state index in [2.05, 4.69) is 4.74 Å². The highest BCUT2D eigenvalue weighted by Crippen LogP contribution is 1.95. The lowest BCUT2D eigenvalue weighted by Gasteiger charge is -2.08. The van der Waals surface area contributed by atoms with E-state index >= 15 is 0 Å². The molecule has 0 saturated heterocycles. The monoisotopic (exact) mass is 159 g/mol. The molecule has 0 rings (SSSR count). The Hall–Kier alpha value is -1.06. The number of ether oxygens (including phenoxy) is 2. The molecule has 0 bridgehead atoms. The molecule has 0 amide bonds. The Morgan fingerprint density at radius 3 is 2.73 bits per heavy atom. The number of carbonyl (C=O) groups is 1. The molecule has 1 atom stereocenters. The predicted octanol–water partition coefficient (Wildman–Crippen LogP) is 0.412. The van der Waals surface area contributed by atoms with Gasteiger partial charge in [0.15, 0.2) is 6.61 Å². The molecular weight excluding hydrogens is 148 g/mol. The van der Waals surface area contributed by atoms with Gasteiger partial charge in [-0.25, -0.2) is 9.59 Å². The molecule has 63 valence electrons. The molecule has 0 aromatic rings. The van der Waals surface area contributed by atoms with Gasteiger partial charge in [-0.1, -0.05) is 6.92 Å². The van der Waals surface area contributed by atoms with Crippen molar-refractivity contribution in [2.45, 2.75) is 26.4 Å². The van der Waals surface area contributed by atoms with Crippen LogP contribution in [0.3, 0.4) is 0 Å². The summed E-state index contributed by atoms with van der Waals surface area (Å²) in [7, 11) is 0. The largest absolute Gasteiger partial charge is 0.460 e. The van der Waals surface area contributed by atoms with E-state index < -0.39 is 5.97 Å². The van der Waals surface area contributed by atoms with Gasteiger partial charge in [-0.3, -0.25) is 0 Å². The van der Waals surface area contributed by atoms with E-state index in [1.54, 1.807) is 6.92 Å². The first-order valence-electron chi connectivity index (χ1n) is 3.39. The summed E-state index contributed by atoms with van der Waals surface area (Å²) in [5.74, 6) is -0.539. The molecule has 4 heteroatoms. The second-order valence-corrected chi connectivity index (χ2v) is 2.08. The summed E-state index contributed by atoms with van der Waals surface area (Å²) >= 11 is 0. The topological polar surface area (TPSA) is 52.6 Å². The first kappa shape index (κ1) is 9.94. The highest BCUT2D eigenvalue weighted by atomic mass is 16.6. The Kier molecular flexibility index (Phi) is 5.15. The Balaban J connectivity index is 3.43. The fraction of sp³-hybridized carbons (Fsp3) is 0.714. The Morgan fingerprint density at radius 2 is 2.27 bits per heavy atom. The van der Waals surface area contributed by atoms with Crippen molar-refractivity contribution < 1.29 is 19.1 Å². The molecule has 4 nitrogen and oxygen atoms in total. The van der Waals surface area contributed by atoms with Crippen molar-refractivity contribution in [1.82, 2.24) is 0 Å². The third-order valence-electron chi connectivity index (χ3n) is 1.16. The maximum Gasteiger partial charge on any atom is 0.418 e. The molecule has 0 aromatic carbocycles.